The van der Waals surface area contributed by atoms with Crippen LogP contribution in [0.3, 0.4) is 0 Å². The van der Waals surface area contributed by atoms with Gasteiger partial charge in [0.2, 0.25) is 29.0 Å². The van der Waals surface area contributed by atoms with Gasteiger partial charge >= 0.3 is 28.1 Å². The molecule has 5 amide bonds. The summed E-state index contributed by atoms with van der Waals surface area (Å²) in [4.78, 5) is 110. The number of carbonyl (C=O) groups excluding carboxylic acids is 5. The minimum Gasteiger partial charge on any atom is -0.481 e. The standard InChI is InChI=1S/C68H84F5N11O15S/c1-82(2)45-21-24-49-56(37-45)99-57-38-46(83(3)4)22-25-50(57)61(49)48-23-20-44(36-51(48)66(92)93)63(89)77-27-9-8-17-53(67(94)95)80-65(91)54(39-60(87)88)81-64(90)52(18-11-28-78-68(74)75)79-58(85)26-31-96-33-34-97-32-29-76-59(86)40-84-30-12-19-55(62(84)43-14-6-5-7-15-43)98-41-42-13-10-16-47(35-42)100(69,70,71,72)73/h5-7,10,13-16,20-25,35-38,52-55,62H,8-9,11-12,17-19,26-34,39-41H2,1-4H3,(H11-,74,75,76,77,78,79,80,81,85,86,87,88,89,90,91,92,93,94,95)/p+1/t52?,53-,54+,55+,62+/m1/s1. The average Bonchev–Trinajstić information content (AvgIpc) is 0.739. The Hall–Kier alpha value is -9.76. The van der Waals surface area contributed by atoms with E-state index in [1.807, 2.05) is 91.1 Å². The molecule has 5 atom stereocenters. The number of hydrogen-bond acceptors (Lipinski definition) is 15. The Kier molecular flexibility index (Phi) is 26.6. The minimum absolute atomic E-state index is 0.00359. The molecule has 1 aliphatic carbocycles. The van der Waals surface area contributed by atoms with Crippen molar-refractivity contribution < 1.29 is 91.7 Å². The van der Waals surface area contributed by atoms with Gasteiger partial charge in [0.25, 0.3) is 5.91 Å². The fourth-order valence-electron chi connectivity index (χ4n) is 11.3. The first-order valence-corrected chi connectivity index (χ1v) is 34.1. The minimum atomic E-state index is -9.93. The molecule has 3 aliphatic rings. The summed E-state index contributed by atoms with van der Waals surface area (Å²) in [6, 6.07) is 22.2. The number of benzene rings is 5. The molecule has 2 aliphatic heterocycles. The van der Waals surface area contributed by atoms with E-state index in [1.165, 1.54) is 18.2 Å². The highest BCUT2D eigenvalue weighted by Crippen LogP contribution is 3.02. The molecule has 0 radical (unpaired) electrons. The lowest BCUT2D eigenvalue weighted by Crippen LogP contribution is -2.56. The van der Waals surface area contributed by atoms with Crippen LogP contribution in [0.4, 0.5) is 25.1 Å². The number of piperidine rings is 1. The predicted octanol–water partition coefficient (Wildman–Crippen LogP) is 6.59. The summed E-state index contributed by atoms with van der Waals surface area (Å²) >= 11 is 0. The number of carbonyl (C=O) groups is 8. The number of carboxylic acid groups (broad SMARTS) is 3. The second-order valence-electron chi connectivity index (χ2n) is 24.3. The van der Waals surface area contributed by atoms with Gasteiger partial charge in [-0.25, -0.2) is 14.2 Å². The van der Waals surface area contributed by atoms with Gasteiger partial charge in [-0.2, -0.15) is 0 Å². The molecular weight excluding hydrogens is 1340 g/mol. The maximum absolute atomic E-state index is 13.8. The van der Waals surface area contributed by atoms with Crippen molar-refractivity contribution in [2.24, 2.45) is 16.5 Å². The number of nitrogens with one attached hydrogen (secondary N) is 5. The molecule has 0 spiro atoms. The van der Waals surface area contributed by atoms with Crippen molar-refractivity contribution in [3.63, 3.8) is 0 Å². The first-order chi connectivity index (χ1) is 47.3. The first-order valence-electron chi connectivity index (χ1n) is 32.2. The van der Waals surface area contributed by atoms with Crippen molar-refractivity contribution in [3.8, 4) is 22.5 Å². The van der Waals surface area contributed by atoms with Crippen LogP contribution in [0.25, 0.3) is 33.4 Å². The van der Waals surface area contributed by atoms with E-state index < -0.39 is 93.3 Å². The van der Waals surface area contributed by atoms with Crippen molar-refractivity contribution in [3.05, 3.63) is 137 Å². The zero-order valence-corrected chi connectivity index (χ0v) is 56.5. The number of halogens is 5. The molecule has 4 aromatic rings. The van der Waals surface area contributed by atoms with E-state index >= 15 is 0 Å². The van der Waals surface area contributed by atoms with Gasteiger partial charge < -0.3 is 76.9 Å². The average molecular weight is 1420 g/mol. The summed E-state index contributed by atoms with van der Waals surface area (Å²) in [7, 11) is -2.39. The first kappa shape index (κ1) is 77.6. The van der Waals surface area contributed by atoms with Gasteiger partial charge in [0.1, 0.15) is 48.5 Å². The van der Waals surface area contributed by atoms with Crippen LogP contribution in [0, 0.1) is 0 Å². The Morgan fingerprint density at radius 1 is 0.730 bits per heavy atom. The Labute approximate surface area is 573 Å². The molecule has 2 heterocycles. The van der Waals surface area contributed by atoms with Crippen molar-refractivity contribution in [1.82, 2.24) is 36.1 Å². The zero-order chi connectivity index (χ0) is 73.0. The van der Waals surface area contributed by atoms with Crippen LogP contribution in [-0.2, 0) is 49.6 Å². The third-order valence-electron chi connectivity index (χ3n) is 16.3. The third-order valence-corrected chi connectivity index (χ3v) is 17.5. The fraction of sp³-hybridized carbons (Fsp3) is 0.412. The molecule has 7 rings (SSSR count). The van der Waals surface area contributed by atoms with Crippen LogP contribution in [0.5, 0.6) is 0 Å². The van der Waals surface area contributed by atoms with Crippen LogP contribution >= 0.6 is 10.2 Å². The predicted molar refractivity (Wildman–Crippen MR) is 364 cm³/mol. The highest BCUT2D eigenvalue weighted by Gasteiger charge is 2.65. The number of aliphatic imine (C=N–C) groups is 1. The van der Waals surface area contributed by atoms with Gasteiger partial charge in [-0.15, -0.1) is 0 Å². The number of anilines is 1. The number of likely N-dealkylation sites (tertiary alicyclic amines) is 1. The molecule has 12 N–H and O–H groups in total. The number of carboxylic acids is 3. The Morgan fingerprint density at radius 3 is 2.11 bits per heavy atom. The highest BCUT2D eigenvalue weighted by molar-refractivity contribution is 8.45. The molecule has 0 saturated carbocycles. The van der Waals surface area contributed by atoms with Crippen molar-refractivity contribution in [1.29, 1.82) is 0 Å². The maximum Gasteiger partial charge on any atom is 0.336 e. The molecule has 542 valence electrons. The summed E-state index contributed by atoms with van der Waals surface area (Å²) < 4.78 is 93.3. The summed E-state index contributed by atoms with van der Waals surface area (Å²) in [5, 5.41) is 44.5. The molecule has 1 fully saturated rings. The fourth-order valence-corrected chi connectivity index (χ4v) is 12.0. The number of aromatic carboxylic acids is 1. The van der Waals surface area contributed by atoms with Gasteiger partial charge in [0.05, 0.1) is 69.8 Å². The van der Waals surface area contributed by atoms with Gasteiger partial charge in [-0.1, -0.05) is 68.0 Å². The topological polar surface area (TPSA) is 372 Å². The summed E-state index contributed by atoms with van der Waals surface area (Å²) in [5.74, 6) is -7.83. The number of guanidine groups is 1. The Morgan fingerprint density at radius 2 is 1.43 bits per heavy atom. The van der Waals surface area contributed by atoms with E-state index in [0.29, 0.717) is 64.9 Å². The number of amides is 5. The van der Waals surface area contributed by atoms with Crippen molar-refractivity contribution in [2.75, 3.05) is 92.2 Å². The maximum atomic E-state index is 13.8. The number of unbranched alkanes of at least 4 members (excludes halogenated alkanes) is 1. The van der Waals surface area contributed by atoms with Crippen molar-refractivity contribution in [2.45, 2.75) is 99.6 Å². The monoisotopic (exact) mass is 1420 g/mol. The smallest absolute Gasteiger partial charge is 0.336 e. The molecular formula is C68H85F5N11O15S+. The van der Waals surface area contributed by atoms with Crippen LogP contribution < -0.4 is 52.9 Å². The van der Waals surface area contributed by atoms with Gasteiger partial charge in [0, 0.05) is 80.0 Å². The number of rotatable bonds is 37. The van der Waals surface area contributed by atoms with Crippen LogP contribution in [0.1, 0.15) is 95.7 Å². The lowest BCUT2D eigenvalue weighted by Gasteiger charge is -2.41. The number of ether oxygens (including phenoxy) is 3. The van der Waals surface area contributed by atoms with Crippen LogP contribution in [0.2, 0.25) is 0 Å². The Bertz CT molecular complexity index is 3990. The summed E-state index contributed by atoms with van der Waals surface area (Å²) in [5.41, 5.74) is 14.4. The second-order valence-corrected chi connectivity index (χ2v) is 26.7. The molecule has 0 bridgehead atoms. The second kappa shape index (κ2) is 34.3. The lowest BCUT2D eigenvalue weighted by atomic mass is 9.89. The summed E-state index contributed by atoms with van der Waals surface area (Å²) in [6.07, 6.45) is -0.673. The van der Waals surface area contributed by atoms with Crippen LogP contribution in [0.15, 0.2) is 123 Å². The third kappa shape index (κ3) is 22.9. The lowest BCUT2D eigenvalue weighted by molar-refractivity contribution is -0.144. The number of nitrogens with two attached hydrogens (primary N) is 2. The quantitative estimate of drug-likeness (QED) is 0.00491. The van der Waals surface area contributed by atoms with Crippen molar-refractivity contribution >= 4 is 80.3 Å². The van der Waals surface area contributed by atoms with E-state index in [0.717, 1.165) is 22.7 Å². The zero-order valence-electron chi connectivity index (χ0n) is 55.7. The van der Waals surface area contributed by atoms with Crippen LogP contribution in [-0.4, -0.2) is 185 Å². The molecule has 1 unspecified atom stereocenters. The largest absolute Gasteiger partial charge is 0.481 e. The number of hydrogen-bond donors (Lipinski definition) is 10. The molecule has 32 heteroatoms. The van der Waals surface area contributed by atoms with E-state index in [1.54, 1.807) is 24.3 Å². The SMILES string of the molecule is CN(C)c1ccc2c(-c3ccc(C(=O)NCCCC[C@@H](NC(=O)[C@H](CC(=O)O)NC(=O)C(CCCN=C(N)N)NC(=O)CCOCCOCCNC(=O)CN4CCC[C@H](OCc5cccc(S(F)(F)(F)(F)F)c5)[C@@H]4c4ccccc4)C(=O)O)cc3C(=O)O)c3ccc(=[N+](C)C)cc-3oc2c1. The van der Waals surface area contributed by atoms with Gasteiger partial charge in [-0.05, 0) is 111 Å². The van der Waals surface area contributed by atoms with E-state index in [-0.39, 0.29) is 126 Å². The number of nitrogens with zero attached hydrogens (tertiary/aromatic N) is 4. The molecule has 0 aromatic heterocycles. The number of aliphatic carboxylic acids is 2. The summed E-state index contributed by atoms with van der Waals surface area (Å²) in [6.45, 7) is 0.120. The van der Waals surface area contributed by atoms with E-state index in [4.69, 9.17) is 30.1 Å². The molecule has 1 saturated heterocycles. The van der Waals surface area contributed by atoms with Gasteiger partial charge in [-0.3, -0.25) is 38.7 Å². The highest BCUT2D eigenvalue weighted by atomic mass is 32.5. The molecule has 4 aromatic carbocycles. The molecule has 26 nitrogen and oxygen atoms in total. The van der Waals surface area contributed by atoms with E-state index in [2.05, 4.69) is 31.6 Å². The number of fused-ring (bicyclic) bond motifs is 2. The molecule has 100 heavy (non-hydrogen) atoms. The van der Waals surface area contributed by atoms with E-state index in [9.17, 15) is 73.1 Å². The van der Waals surface area contributed by atoms with Gasteiger partial charge in [0.15, 0.2) is 5.96 Å². The normalized spacial score (nSPS) is 15.6. The Balaban J connectivity index is 0.852.